The van der Waals surface area contributed by atoms with Gasteiger partial charge in [0.25, 0.3) is 5.91 Å². The Bertz CT molecular complexity index is 914. The molecule has 0 saturated carbocycles. The Hall–Kier alpha value is -2.44. The molecule has 0 aliphatic rings. The quantitative estimate of drug-likeness (QED) is 0.675. The maximum atomic E-state index is 13.1. The highest BCUT2D eigenvalue weighted by Gasteiger charge is 2.10. The Morgan fingerprint density at radius 2 is 2.16 bits per heavy atom. The van der Waals surface area contributed by atoms with Crippen molar-refractivity contribution in [3.05, 3.63) is 74.9 Å². The summed E-state index contributed by atoms with van der Waals surface area (Å²) >= 11 is 7.48. The van der Waals surface area contributed by atoms with Gasteiger partial charge >= 0.3 is 0 Å². The van der Waals surface area contributed by atoms with Gasteiger partial charge in [0.05, 0.1) is 21.4 Å². The topological polar surface area (TPSA) is 51.2 Å². The predicted molar refractivity (Wildman–Crippen MR) is 97.0 cm³/mol. The van der Waals surface area contributed by atoms with Crippen LogP contribution in [0, 0.1) is 12.7 Å². The van der Waals surface area contributed by atoms with Gasteiger partial charge in [-0.25, -0.2) is 9.37 Å². The third kappa shape index (κ3) is 4.55. The van der Waals surface area contributed by atoms with Crippen LogP contribution < -0.4 is 10.1 Å². The molecule has 0 spiro atoms. The average Bonchev–Trinajstić information content (AvgIpc) is 3.01. The standard InChI is InChI=1S/C18H14ClFN2O2S/c1-11-21-14(10-25-11)9-24-15-4-2-3-12(7-15)18(23)22-17-6-5-13(20)8-16(17)19/h2-8,10H,9H2,1H3,(H,22,23). The first-order chi connectivity index (χ1) is 12.0. The molecule has 0 bridgehead atoms. The maximum Gasteiger partial charge on any atom is 0.255 e. The number of nitrogens with one attached hydrogen (secondary N) is 1. The van der Waals surface area contributed by atoms with Gasteiger partial charge in [-0.15, -0.1) is 11.3 Å². The number of aryl methyl sites for hydroxylation is 1. The van der Waals surface area contributed by atoms with E-state index in [0.29, 0.717) is 23.6 Å². The fourth-order valence-electron chi connectivity index (χ4n) is 2.14. The number of anilines is 1. The second-order valence-electron chi connectivity index (χ2n) is 5.25. The minimum Gasteiger partial charge on any atom is -0.487 e. The molecule has 0 radical (unpaired) electrons. The molecule has 0 atom stereocenters. The Morgan fingerprint density at radius 1 is 1.32 bits per heavy atom. The van der Waals surface area contributed by atoms with Gasteiger partial charge in [-0.05, 0) is 43.3 Å². The van der Waals surface area contributed by atoms with Crippen molar-refractivity contribution in [3.63, 3.8) is 0 Å². The molecule has 0 unspecified atom stereocenters. The minimum absolute atomic E-state index is 0.139. The summed E-state index contributed by atoms with van der Waals surface area (Å²) in [7, 11) is 0. The van der Waals surface area contributed by atoms with Gasteiger partial charge in [0, 0.05) is 10.9 Å². The van der Waals surface area contributed by atoms with Crippen molar-refractivity contribution in [1.82, 2.24) is 4.98 Å². The number of nitrogens with zero attached hydrogens (tertiary/aromatic N) is 1. The third-order valence-electron chi connectivity index (χ3n) is 3.33. The lowest BCUT2D eigenvalue weighted by atomic mass is 10.2. The minimum atomic E-state index is -0.462. The highest BCUT2D eigenvalue weighted by atomic mass is 35.5. The Kier molecular flexibility index (Phi) is 5.31. The molecule has 128 valence electrons. The van der Waals surface area contributed by atoms with Crippen LogP contribution in [0.15, 0.2) is 47.8 Å². The summed E-state index contributed by atoms with van der Waals surface area (Å²) in [6.07, 6.45) is 0. The Morgan fingerprint density at radius 3 is 2.88 bits per heavy atom. The molecular weight excluding hydrogens is 363 g/mol. The molecule has 4 nitrogen and oxygen atoms in total. The highest BCUT2D eigenvalue weighted by Crippen LogP contribution is 2.24. The number of hydrogen-bond donors (Lipinski definition) is 1. The van der Waals surface area contributed by atoms with E-state index in [1.54, 1.807) is 35.6 Å². The number of halogens is 2. The fourth-order valence-corrected chi connectivity index (χ4v) is 2.96. The maximum absolute atomic E-state index is 13.1. The van der Waals surface area contributed by atoms with Crippen molar-refractivity contribution >= 4 is 34.5 Å². The van der Waals surface area contributed by atoms with Gasteiger partial charge < -0.3 is 10.1 Å². The second-order valence-corrected chi connectivity index (χ2v) is 6.72. The molecular formula is C18H14ClFN2O2S. The van der Waals surface area contributed by atoms with Crippen molar-refractivity contribution in [2.24, 2.45) is 0 Å². The van der Waals surface area contributed by atoms with Crippen LogP contribution in [0.5, 0.6) is 5.75 Å². The van der Waals surface area contributed by atoms with E-state index >= 15 is 0 Å². The van der Waals surface area contributed by atoms with Crippen molar-refractivity contribution in [1.29, 1.82) is 0 Å². The molecule has 25 heavy (non-hydrogen) atoms. The molecule has 0 aliphatic heterocycles. The molecule has 1 aromatic heterocycles. The molecule has 7 heteroatoms. The second kappa shape index (κ2) is 7.63. The van der Waals surface area contributed by atoms with Gasteiger partial charge in [0.15, 0.2) is 0 Å². The van der Waals surface area contributed by atoms with Gasteiger partial charge in [-0.1, -0.05) is 17.7 Å². The van der Waals surface area contributed by atoms with Crippen LogP contribution in [-0.4, -0.2) is 10.9 Å². The summed E-state index contributed by atoms with van der Waals surface area (Å²) in [6, 6.07) is 10.6. The van der Waals surface area contributed by atoms with Crippen LogP contribution in [0.3, 0.4) is 0 Å². The lowest BCUT2D eigenvalue weighted by Gasteiger charge is -2.09. The molecule has 0 aliphatic carbocycles. The number of amides is 1. The predicted octanol–water partition coefficient (Wildman–Crippen LogP) is 5.08. The van der Waals surface area contributed by atoms with Crippen LogP contribution >= 0.6 is 22.9 Å². The molecule has 0 saturated heterocycles. The normalized spacial score (nSPS) is 10.5. The van der Waals surface area contributed by atoms with Crippen LogP contribution in [0.4, 0.5) is 10.1 Å². The van der Waals surface area contributed by atoms with E-state index < -0.39 is 5.82 Å². The van der Waals surface area contributed by atoms with Crippen molar-refractivity contribution in [2.75, 3.05) is 5.32 Å². The summed E-state index contributed by atoms with van der Waals surface area (Å²) in [4.78, 5) is 16.7. The molecule has 3 aromatic rings. The van der Waals surface area contributed by atoms with E-state index in [0.717, 1.165) is 16.8 Å². The van der Waals surface area contributed by atoms with Gasteiger partial charge in [-0.3, -0.25) is 4.79 Å². The van der Waals surface area contributed by atoms with E-state index in [-0.39, 0.29) is 10.9 Å². The first-order valence-corrected chi connectivity index (χ1v) is 8.67. The van der Waals surface area contributed by atoms with E-state index in [1.165, 1.54) is 12.1 Å². The van der Waals surface area contributed by atoms with Crippen molar-refractivity contribution < 1.29 is 13.9 Å². The van der Waals surface area contributed by atoms with Gasteiger partial charge in [0.1, 0.15) is 18.2 Å². The number of hydrogen-bond acceptors (Lipinski definition) is 4. The summed E-state index contributed by atoms with van der Waals surface area (Å²) in [5.41, 5.74) is 1.60. The summed E-state index contributed by atoms with van der Waals surface area (Å²) in [5, 5.41) is 5.70. The van der Waals surface area contributed by atoms with Crippen LogP contribution in [0.25, 0.3) is 0 Å². The third-order valence-corrected chi connectivity index (χ3v) is 4.46. The summed E-state index contributed by atoms with van der Waals surface area (Å²) in [6.45, 7) is 2.26. The van der Waals surface area contributed by atoms with Crippen LogP contribution in [0.2, 0.25) is 5.02 Å². The zero-order chi connectivity index (χ0) is 17.8. The largest absolute Gasteiger partial charge is 0.487 e. The van der Waals surface area contributed by atoms with Crippen LogP contribution in [-0.2, 0) is 6.61 Å². The van der Waals surface area contributed by atoms with E-state index in [4.69, 9.17) is 16.3 Å². The number of ether oxygens (including phenoxy) is 1. The molecule has 1 heterocycles. The van der Waals surface area contributed by atoms with Crippen molar-refractivity contribution in [3.8, 4) is 5.75 Å². The van der Waals surface area contributed by atoms with Crippen molar-refractivity contribution in [2.45, 2.75) is 13.5 Å². The Labute approximate surface area is 153 Å². The highest BCUT2D eigenvalue weighted by molar-refractivity contribution is 7.09. The van der Waals surface area contributed by atoms with E-state index in [2.05, 4.69) is 10.3 Å². The fraction of sp³-hybridized carbons (Fsp3) is 0.111. The molecule has 1 amide bonds. The number of rotatable bonds is 5. The zero-order valence-corrected chi connectivity index (χ0v) is 14.8. The molecule has 0 fully saturated rings. The number of thiazole rings is 1. The van der Waals surface area contributed by atoms with Crippen LogP contribution in [0.1, 0.15) is 21.1 Å². The van der Waals surface area contributed by atoms with Gasteiger partial charge in [0.2, 0.25) is 0 Å². The number of aromatic nitrogens is 1. The van der Waals surface area contributed by atoms with E-state index in [9.17, 15) is 9.18 Å². The molecule has 3 rings (SSSR count). The number of carbonyl (C=O) groups excluding carboxylic acids is 1. The number of carbonyl (C=O) groups is 1. The SMILES string of the molecule is Cc1nc(COc2cccc(C(=O)Nc3ccc(F)cc3Cl)c2)cs1. The molecule has 2 aromatic carbocycles. The average molecular weight is 377 g/mol. The lowest BCUT2D eigenvalue weighted by Crippen LogP contribution is -2.12. The monoisotopic (exact) mass is 376 g/mol. The molecule has 1 N–H and O–H groups in total. The van der Waals surface area contributed by atoms with E-state index in [1.807, 2.05) is 12.3 Å². The zero-order valence-electron chi connectivity index (χ0n) is 13.3. The summed E-state index contributed by atoms with van der Waals surface area (Å²) in [5.74, 6) is -0.261. The summed E-state index contributed by atoms with van der Waals surface area (Å²) < 4.78 is 18.7. The smallest absolute Gasteiger partial charge is 0.255 e. The first-order valence-electron chi connectivity index (χ1n) is 7.41. The Balaban J connectivity index is 1.68. The number of benzene rings is 2. The lowest BCUT2D eigenvalue weighted by molar-refractivity contribution is 0.102. The van der Waals surface area contributed by atoms with Gasteiger partial charge in [-0.2, -0.15) is 0 Å². The first kappa shape index (κ1) is 17.4.